The van der Waals surface area contributed by atoms with Gasteiger partial charge in [0.1, 0.15) is 12.4 Å². The van der Waals surface area contributed by atoms with Crippen LogP contribution in [-0.4, -0.2) is 34.0 Å². The number of pyridine rings is 1. The van der Waals surface area contributed by atoms with Crippen molar-refractivity contribution < 1.29 is 4.79 Å². The van der Waals surface area contributed by atoms with Crippen LogP contribution in [-0.2, 0) is 4.79 Å². The lowest BCUT2D eigenvalue weighted by Crippen LogP contribution is -2.32. The highest BCUT2D eigenvalue weighted by Crippen LogP contribution is 2.18. The van der Waals surface area contributed by atoms with Gasteiger partial charge in [0.05, 0.1) is 0 Å². The molecule has 0 bridgehead atoms. The van der Waals surface area contributed by atoms with Crippen molar-refractivity contribution in [3.05, 3.63) is 23.9 Å². The molecule has 16 heavy (non-hydrogen) atoms. The van der Waals surface area contributed by atoms with Gasteiger partial charge in [-0.2, -0.15) is 0 Å². The van der Waals surface area contributed by atoms with E-state index in [1.54, 1.807) is 9.80 Å². The lowest BCUT2D eigenvalue weighted by molar-refractivity contribution is -0.124. The highest BCUT2D eigenvalue weighted by atomic mass is 32.1. The summed E-state index contributed by atoms with van der Waals surface area (Å²) in [6.45, 7) is 4.74. The van der Waals surface area contributed by atoms with E-state index in [4.69, 9.17) is 12.2 Å². The molecule has 1 fully saturated rings. The summed E-state index contributed by atoms with van der Waals surface area (Å²) in [6, 6.07) is 5.70. The average Bonchev–Trinajstić information content (AvgIpc) is 2.54. The van der Waals surface area contributed by atoms with Crippen LogP contribution in [0, 0.1) is 6.92 Å². The van der Waals surface area contributed by atoms with Gasteiger partial charge in [0.25, 0.3) is 0 Å². The number of amides is 1. The Hall–Kier alpha value is -1.49. The predicted molar refractivity (Wildman–Crippen MR) is 66.3 cm³/mol. The molecule has 0 N–H and O–H groups in total. The molecule has 1 saturated heterocycles. The number of anilines is 1. The minimum atomic E-state index is 0.0378. The smallest absolute Gasteiger partial charge is 0.248 e. The van der Waals surface area contributed by atoms with Crippen molar-refractivity contribution >= 4 is 29.1 Å². The maximum absolute atomic E-state index is 11.7. The van der Waals surface area contributed by atoms with Crippen LogP contribution in [0.3, 0.4) is 0 Å². The number of carbonyl (C=O) groups is 1. The summed E-state index contributed by atoms with van der Waals surface area (Å²) < 4.78 is 0. The SMILES string of the molecule is CCN1C(=O)CN(c2cccc(C)n2)C1=S. The van der Waals surface area contributed by atoms with Gasteiger partial charge in [-0.05, 0) is 38.2 Å². The van der Waals surface area contributed by atoms with Gasteiger partial charge in [0, 0.05) is 12.2 Å². The van der Waals surface area contributed by atoms with Gasteiger partial charge < -0.3 is 0 Å². The van der Waals surface area contributed by atoms with Crippen molar-refractivity contribution in [2.45, 2.75) is 13.8 Å². The molecule has 1 aromatic rings. The Labute approximate surface area is 99.9 Å². The lowest BCUT2D eigenvalue weighted by Gasteiger charge is -2.18. The number of hydrogen-bond donors (Lipinski definition) is 0. The Kier molecular flexibility index (Phi) is 2.87. The van der Waals surface area contributed by atoms with E-state index in [1.165, 1.54) is 0 Å². The van der Waals surface area contributed by atoms with Crippen molar-refractivity contribution in [2.75, 3.05) is 18.0 Å². The molecule has 0 radical (unpaired) electrons. The number of nitrogens with zero attached hydrogens (tertiary/aromatic N) is 3. The Morgan fingerprint density at radius 3 is 2.81 bits per heavy atom. The molecule has 1 amide bonds. The maximum atomic E-state index is 11.7. The van der Waals surface area contributed by atoms with Gasteiger partial charge in [-0.1, -0.05) is 6.07 Å². The minimum absolute atomic E-state index is 0.0378. The third-order valence-corrected chi connectivity index (χ3v) is 2.96. The molecule has 0 aromatic carbocycles. The van der Waals surface area contributed by atoms with Gasteiger partial charge in [-0.3, -0.25) is 14.6 Å². The zero-order valence-corrected chi connectivity index (χ0v) is 10.1. The highest BCUT2D eigenvalue weighted by Gasteiger charge is 2.32. The Morgan fingerprint density at radius 1 is 1.50 bits per heavy atom. The molecular formula is C11H13N3OS. The predicted octanol–water partition coefficient (Wildman–Crippen LogP) is 1.34. The molecule has 0 atom stereocenters. The van der Waals surface area contributed by atoms with E-state index < -0.39 is 0 Å². The molecule has 4 nitrogen and oxygen atoms in total. The second-order valence-corrected chi connectivity index (χ2v) is 4.01. The Morgan fingerprint density at radius 2 is 2.25 bits per heavy atom. The molecule has 84 valence electrons. The van der Waals surface area contributed by atoms with Crippen molar-refractivity contribution in [3.63, 3.8) is 0 Å². The third kappa shape index (κ3) is 1.78. The molecule has 1 aliphatic rings. The van der Waals surface area contributed by atoms with Crippen LogP contribution >= 0.6 is 12.2 Å². The van der Waals surface area contributed by atoms with Gasteiger partial charge in [0.15, 0.2) is 5.11 Å². The van der Waals surface area contributed by atoms with Crippen LogP contribution in [0.15, 0.2) is 18.2 Å². The van der Waals surface area contributed by atoms with E-state index >= 15 is 0 Å². The maximum Gasteiger partial charge on any atom is 0.248 e. The molecule has 1 aliphatic heterocycles. The number of likely N-dealkylation sites (N-methyl/N-ethyl adjacent to an activating group) is 1. The average molecular weight is 235 g/mol. The number of carbonyl (C=O) groups excluding carboxylic acids is 1. The number of aromatic nitrogens is 1. The molecule has 2 heterocycles. The van der Waals surface area contributed by atoms with Crippen LogP contribution < -0.4 is 4.90 Å². The number of thiocarbonyl (C=S) groups is 1. The van der Waals surface area contributed by atoms with Crippen LogP contribution in [0.1, 0.15) is 12.6 Å². The molecule has 1 aromatic heterocycles. The zero-order valence-electron chi connectivity index (χ0n) is 9.30. The molecule has 2 rings (SSSR count). The van der Waals surface area contributed by atoms with E-state index in [-0.39, 0.29) is 5.91 Å². The van der Waals surface area contributed by atoms with Crippen molar-refractivity contribution in [2.24, 2.45) is 0 Å². The van der Waals surface area contributed by atoms with Crippen LogP contribution in [0.25, 0.3) is 0 Å². The first kappa shape index (κ1) is 11.0. The fourth-order valence-electron chi connectivity index (χ4n) is 1.71. The second-order valence-electron chi connectivity index (χ2n) is 3.64. The van der Waals surface area contributed by atoms with Crippen molar-refractivity contribution in [1.82, 2.24) is 9.88 Å². The number of aryl methyl sites for hydroxylation is 1. The zero-order chi connectivity index (χ0) is 11.7. The summed E-state index contributed by atoms with van der Waals surface area (Å²) in [7, 11) is 0. The summed E-state index contributed by atoms with van der Waals surface area (Å²) in [6.07, 6.45) is 0. The molecular weight excluding hydrogens is 222 g/mol. The van der Waals surface area contributed by atoms with Crippen LogP contribution in [0.4, 0.5) is 5.82 Å². The molecule has 0 saturated carbocycles. The van der Waals surface area contributed by atoms with Crippen LogP contribution in [0.2, 0.25) is 0 Å². The fraction of sp³-hybridized carbons (Fsp3) is 0.364. The summed E-state index contributed by atoms with van der Waals surface area (Å²) in [5, 5.41) is 0.547. The summed E-state index contributed by atoms with van der Waals surface area (Å²) in [4.78, 5) is 19.4. The largest absolute Gasteiger partial charge is 0.293 e. The van der Waals surface area contributed by atoms with E-state index in [1.807, 2.05) is 32.0 Å². The first-order chi connectivity index (χ1) is 7.63. The lowest BCUT2D eigenvalue weighted by atomic mass is 10.3. The van der Waals surface area contributed by atoms with Crippen LogP contribution in [0.5, 0.6) is 0 Å². The Balaban J connectivity index is 2.30. The Bertz CT molecular complexity index is 447. The first-order valence-electron chi connectivity index (χ1n) is 5.19. The second kappa shape index (κ2) is 4.17. The molecule has 0 unspecified atom stereocenters. The topological polar surface area (TPSA) is 36.4 Å². The third-order valence-electron chi connectivity index (χ3n) is 2.52. The normalized spacial score (nSPS) is 16.1. The van der Waals surface area contributed by atoms with Gasteiger partial charge >= 0.3 is 0 Å². The molecule has 0 spiro atoms. The summed E-state index contributed by atoms with van der Waals surface area (Å²) in [5.74, 6) is 0.783. The quantitative estimate of drug-likeness (QED) is 0.725. The van der Waals surface area contributed by atoms with Gasteiger partial charge in [-0.25, -0.2) is 4.98 Å². The molecule has 0 aliphatic carbocycles. The van der Waals surface area contributed by atoms with Crippen molar-refractivity contribution in [1.29, 1.82) is 0 Å². The summed E-state index contributed by atoms with van der Waals surface area (Å²) >= 11 is 5.25. The monoisotopic (exact) mass is 235 g/mol. The van der Waals surface area contributed by atoms with E-state index in [2.05, 4.69) is 4.98 Å². The van der Waals surface area contributed by atoms with E-state index in [0.29, 0.717) is 18.2 Å². The summed E-state index contributed by atoms with van der Waals surface area (Å²) in [5.41, 5.74) is 0.919. The van der Waals surface area contributed by atoms with Gasteiger partial charge in [0.2, 0.25) is 5.91 Å². The first-order valence-corrected chi connectivity index (χ1v) is 5.60. The minimum Gasteiger partial charge on any atom is -0.293 e. The fourth-order valence-corrected chi connectivity index (χ4v) is 2.10. The van der Waals surface area contributed by atoms with Gasteiger partial charge in [-0.15, -0.1) is 0 Å². The number of hydrogen-bond acceptors (Lipinski definition) is 3. The van der Waals surface area contributed by atoms with E-state index in [9.17, 15) is 4.79 Å². The van der Waals surface area contributed by atoms with E-state index in [0.717, 1.165) is 11.5 Å². The molecule has 5 heteroatoms. The number of rotatable bonds is 2. The van der Waals surface area contributed by atoms with Crippen molar-refractivity contribution in [3.8, 4) is 0 Å². The highest BCUT2D eigenvalue weighted by molar-refractivity contribution is 7.80. The standard InChI is InChI=1S/C11H13N3OS/c1-3-13-10(15)7-14(11(13)16)9-6-4-5-8(2)12-9/h4-6H,3,7H2,1-2H3.